The van der Waals surface area contributed by atoms with Crippen LogP contribution in [0.5, 0.6) is 0 Å². The van der Waals surface area contributed by atoms with Crippen LogP contribution in [0.1, 0.15) is 70.3 Å². The summed E-state index contributed by atoms with van der Waals surface area (Å²) in [6.45, 7) is 2.27. The predicted octanol–water partition coefficient (Wildman–Crippen LogP) is 6.80. The summed E-state index contributed by atoms with van der Waals surface area (Å²) in [5.74, 6) is 0. The van der Waals surface area contributed by atoms with Crippen LogP contribution >= 0.6 is 11.6 Å². The first-order valence-corrected chi connectivity index (χ1v) is 8.13. The van der Waals surface area contributed by atoms with E-state index in [-0.39, 0.29) is 0 Å². The number of hydrogen-bond acceptors (Lipinski definition) is 0. The van der Waals surface area contributed by atoms with Gasteiger partial charge in [-0.3, -0.25) is 0 Å². The largest absolute Gasteiger partial charge is 0.0840 e. The highest BCUT2D eigenvalue weighted by Crippen LogP contribution is 2.20. The maximum atomic E-state index is 6.26. The van der Waals surface area contributed by atoms with Gasteiger partial charge in [-0.15, -0.1) is 0 Å². The van der Waals surface area contributed by atoms with Crippen molar-refractivity contribution >= 4 is 16.6 Å². The summed E-state index contributed by atoms with van der Waals surface area (Å²) in [5.41, 5.74) is 1.13. The van der Waals surface area contributed by atoms with E-state index in [1.54, 1.807) is 0 Å². The summed E-state index contributed by atoms with van der Waals surface area (Å²) in [6, 6.07) is 10.2. The first-order chi connectivity index (χ1) is 9.34. The molecule has 106 valence electrons. The number of unbranched alkanes of at least 4 members (excludes halogenated alkanes) is 8. The molecule has 0 amide bonds. The zero-order valence-electron chi connectivity index (χ0n) is 12.2. The Kier molecular flexibility index (Phi) is 9.53. The van der Waals surface area contributed by atoms with Crippen LogP contribution in [-0.4, -0.2) is 0 Å². The highest BCUT2D eigenvalue weighted by Gasteiger charge is 1.96. The first-order valence-electron chi connectivity index (χ1n) is 7.75. The van der Waals surface area contributed by atoms with E-state index in [0.29, 0.717) is 0 Å². The average Bonchev–Trinajstić information content (AvgIpc) is 2.46. The van der Waals surface area contributed by atoms with Gasteiger partial charge in [0.1, 0.15) is 0 Å². The van der Waals surface area contributed by atoms with E-state index >= 15 is 0 Å². The zero-order chi connectivity index (χ0) is 13.8. The van der Waals surface area contributed by atoms with Gasteiger partial charge in [0.25, 0.3) is 0 Å². The Hall–Kier alpha value is -0.750. The summed E-state index contributed by atoms with van der Waals surface area (Å²) in [5, 5.41) is 0.892. The molecule has 0 fully saturated rings. The standard InChI is InChI=1S/C18H27Cl/c1-2-3-4-5-6-7-8-9-13-16-18(19)17-14-11-10-12-15-17/h10-12,14-16H,2-9,13H2,1H3/b18-16-. The van der Waals surface area contributed by atoms with Crippen LogP contribution in [0.25, 0.3) is 5.03 Å². The Morgan fingerprint density at radius 2 is 1.47 bits per heavy atom. The molecule has 0 spiro atoms. The minimum Gasteiger partial charge on any atom is -0.0840 e. The number of hydrogen-bond donors (Lipinski definition) is 0. The minimum atomic E-state index is 0.892. The maximum Gasteiger partial charge on any atom is 0.0438 e. The Morgan fingerprint density at radius 1 is 0.895 bits per heavy atom. The Labute approximate surface area is 123 Å². The van der Waals surface area contributed by atoms with Crippen molar-refractivity contribution in [2.24, 2.45) is 0 Å². The summed E-state index contributed by atoms with van der Waals surface area (Å²) >= 11 is 6.26. The molecule has 0 saturated carbocycles. The molecule has 1 rings (SSSR count). The van der Waals surface area contributed by atoms with E-state index in [1.807, 2.05) is 18.2 Å². The van der Waals surface area contributed by atoms with Crippen molar-refractivity contribution in [3.8, 4) is 0 Å². The van der Waals surface area contributed by atoms with Crippen molar-refractivity contribution in [1.82, 2.24) is 0 Å². The average molecular weight is 279 g/mol. The zero-order valence-corrected chi connectivity index (χ0v) is 13.0. The smallest absolute Gasteiger partial charge is 0.0438 e. The van der Waals surface area contributed by atoms with Gasteiger partial charge in [0.05, 0.1) is 0 Å². The van der Waals surface area contributed by atoms with Crippen molar-refractivity contribution < 1.29 is 0 Å². The van der Waals surface area contributed by atoms with Gasteiger partial charge in [-0.2, -0.15) is 0 Å². The molecular weight excluding hydrogens is 252 g/mol. The normalized spacial score (nSPS) is 11.8. The lowest BCUT2D eigenvalue weighted by molar-refractivity contribution is 0.578. The fraction of sp³-hybridized carbons (Fsp3) is 0.556. The van der Waals surface area contributed by atoms with Gasteiger partial charge in [-0.05, 0) is 18.4 Å². The molecule has 0 saturated heterocycles. The lowest BCUT2D eigenvalue weighted by Gasteiger charge is -2.01. The Morgan fingerprint density at radius 3 is 2.11 bits per heavy atom. The molecule has 0 heterocycles. The fourth-order valence-corrected chi connectivity index (χ4v) is 2.46. The molecule has 0 aliphatic heterocycles. The summed E-state index contributed by atoms with van der Waals surface area (Å²) in [4.78, 5) is 0. The molecule has 0 aliphatic carbocycles. The second-order valence-corrected chi connectivity index (χ2v) is 5.59. The molecule has 1 aromatic rings. The van der Waals surface area contributed by atoms with E-state index in [1.165, 1.54) is 51.4 Å². The van der Waals surface area contributed by atoms with Crippen LogP contribution in [0.15, 0.2) is 36.4 Å². The van der Waals surface area contributed by atoms with Gasteiger partial charge in [0.15, 0.2) is 0 Å². The second-order valence-electron chi connectivity index (χ2n) is 5.18. The van der Waals surface area contributed by atoms with E-state index < -0.39 is 0 Å². The quantitative estimate of drug-likeness (QED) is 0.413. The number of allylic oxidation sites excluding steroid dienone is 1. The van der Waals surface area contributed by atoms with Crippen LogP contribution in [-0.2, 0) is 0 Å². The summed E-state index contributed by atoms with van der Waals surface area (Å²) < 4.78 is 0. The lowest BCUT2D eigenvalue weighted by Crippen LogP contribution is -1.81. The Bertz CT molecular complexity index is 340. The fourth-order valence-electron chi connectivity index (χ4n) is 2.22. The second kappa shape index (κ2) is 11.1. The SMILES string of the molecule is CCCCCCCCCC/C=C(\Cl)c1ccccc1. The topological polar surface area (TPSA) is 0 Å². The Balaban J connectivity index is 2.04. The van der Waals surface area contributed by atoms with Gasteiger partial charge in [-0.1, -0.05) is 99.9 Å². The third-order valence-electron chi connectivity index (χ3n) is 3.43. The molecule has 0 aliphatic rings. The van der Waals surface area contributed by atoms with Crippen molar-refractivity contribution in [3.05, 3.63) is 42.0 Å². The molecule has 1 heteroatoms. The molecule has 19 heavy (non-hydrogen) atoms. The van der Waals surface area contributed by atoms with Crippen LogP contribution in [0.3, 0.4) is 0 Å². The van der Waals surface area contributed by atoms with Crippen LogP contribution in [0.4, 0.5) is 0 Å². The van der Waals surface area contributed by atoms with E-state index in [2.05, 4.69) is 25.1 Å². The van der Waals surface area contributed by atoms with Gasteiger partial charge in [0, 0.05) is 5.03 Å². The molecular formula is C18H27Cl. The number of benzene rings is 1. The van der Waals surface area contributed by atoms with Gasteiger partial charge in [-0.25, -0.2) is 0 Å². The van der Waals surface area contributed by atoms with Crippen molar-refractivity contribution in [2.75, 3.05) is 0 Å². The van der Waals surface area contributed by atoms with Gasteiger partial charge < -0.3 is 0 Å². The van der Waals surface area contributed by atoms with E-state index in [4.69, 9.17) is 11.6 Å². The van der Waals surface area contributed by atoms with Crippen molar-refractivity contribution in [1.29, 1.82) is 0 Å². The van der Waals surface area contributed by atoms with Crippen LogP contribution in [0, 0.1) is 0 Å². The third kappa shape index (κ3) is 8.10. The summed E-state index contributed by atoms with van der Waals surface area (Å²) in [6.07, 6.45) is 14.2. The van der Waals surface area contributed by atoms with Crippen LogP contribution in [0.2, 0.25) is 0 Å². The minimum absolute atomic E-state index is 0.892. The first kappa shape index (κ1) is 16.3. The highest BCUT2D eigenvalue weighted by molar-refractivity contribution is 6.48. The van der Waals surface area contributed by atoms with E-state index in [9.17, 15) is 0 Å². The third-order valence-corrected chi connectivity index (χ3v) is 3.80. The molecule has 0 unspecified atom stereocenters. The van der Waals surface area contributed by atoms with Crippen LogP contribution < -0.4 is 0 Å². The van der Waals surface area contributed by atoms with Gasteiger partial charge in [0.2, 0.25) is 0 Å². The molecule has 1 aromatic carbocycles. The molecule has 0 aromatic heterocycles. The lowest BCUT2D eigenvalue weighted by atomic mass is 10.1. The van der Waals surface area contributed by atoms with Gasteiger partial charge >= 0.3 is 0 Å². The molecule has 0 atom stereocenters. The predicted molar refractivity (Wildman–Crippen MR) is 87.5 cm³/mol. The highest BCUT2D eigenvalue weighted by atomic mass is 35.5. The molecule has 0 bridgehead atoms. The molecule has 0 N–H and O–H groups in total. The van der Waals surface area contributed by atoms with Crippen molar-refractivity contribution in [2.45, 2.75) is 64.7 Å². The number of halogens is 1. The molecule has 0 nitrogen and oxygen atoms in total. The maximum absolute atomic E-state index is 6.26. The van der Waals surface area contributed by atoms with E-state index in [0.717, 1.165) is 17.0 Å². The monoisotopic (exact) mass is 278 g/mol. The summed E-state index contributed by atoms with van der Waals surface area (Å²) in [7, 11) is 0. The number of rotatable bonds is 10. The molecule has 0 radical (unpaired) electrons. The van der Waals surface area contributed by atoms with Crippen molar-refractivity contribution in [3.63, 3.8) is 0 Å².